The number of rotatable bonds is 6. The first-order valence-electron chi connectivity index (χ1n) is 8.28. The van der Waals surface area contributed by atoms with Crippen LogP contribution < -0.4 is 15.5 Å². The molecule has 0 saturated carbocycles. The summed E-state index contributed by atoms with van der Waals surface area (Å²) in [7, 11) is 0. The molecular formula is C19H18F3N3O3. The van der Waals surface area contributed by atoms with Crippen molar-refractivity contribution in [1.82, 2.24) is 5.32 Å². The molecule has 0 aromatic heterocycles. The summed E-state index contributed by atoms with van der Waals surface area (Å²) in [5.41, 5.74) is 0.331. The first-order chi connectivity index (χ1) is 13.2. The van der Waals surface area contributed by atoms with Crippen LogP contribution in [0, 0.1) is 17.5 Å². The third-order valence-electron chi connectivity index (χ3n) is 3.76. The monoisotopic (exact) mass is 393 g/mol. The van der Waals surface area contributed by atoms with Crippen molar-refractivity contribution in [3.05, 3.63) is 59.4 Å². The molecule has 2 aromatic rings. The van der Waals surface area contributed by atoms with Crippen molar-refractivity contribution >= 4 is 29.1 Å². The lowest BCUT2D eigenvalue weighted by Crippen LogP contribution is -2.37. The highest BCUT2D eigenvalue weighted by Gasteiger charge is 2.19. The van der Waals surface area contributed by atoms with Crippen LogP contribution in [-0.2, 0) is 9.59 Å². The summed E-state index contributed by atoms with van der Waals surface area (Å²) in [6.07, 6.45) is 0. The Morgan fingerprint density at radius 3 is 2.36 bits per heavy atom. The summed E-state index contributed by atoms with van der Waals surface area (Å²) in [4.78, 5) is 36.4. The molecule has 148 valence electrons. The number of amides is 3. The van der Waals surface area contributed by atoms with Gasteiger partial charge in [-0.25, -0.2) is 13.2 Å². The molecule has 0 aliphatic heterocycles. The first-order valence-corrected chi connectivity index (χ1v) is 8.28. The largest absolute Gasteiger partial charge is 0.350 e. The highest BCUT2D eigenvalue weighted by atomic mass is 19.2. The molecule has 0 unspecified atom stereocenters. The van der Waals surface area contributed by atoms with Gasteiger partial charge in [0.15, 0.2) is 17.5 Å². The van der Waals surface area contributed by atoms with E-state index in [0.29, 0.717) is 17.4 Å². The zero-order valence-corrected chi connectivity index (χ0v) is 15.2. The van der Waals surface area contributed by atoms with Gasteiger partial charge < -0.3 is 15.5 Å². The smallest absolute Gasteiger partial charge is 0.254 e. The van der Waals surface area contributed by atoms with Crippen molar-refractivity contribution in [3.8, 4) is 0 Å². The molecule has 0 aliphatic rings. The van der Waals surface area contributed by atoms with Crippen molar-refractivity contribution in [1.29, 1.82) is 0 Å². The summed E-state index contributed by atoms with van der Waals surface area (Å²) in [5, 5.41) is 4.95. The molecule has 0 fully saturated rings. The quantitative estimate of drug-likeness (QED) is 0.741. The fourth-order valence-electron chi connectivity index (χ4n) is 2.50. The van der Waals surface area contributed by atoms with Crippen LogP contribution in [0.4, 0.5) is 24.5 Å². The normalized spacial score (nSPS) is 10.3. The van der Waals surface area contributed by atoms with Gasteiger partial charge in [0.1, 0.15) is 0 Å². The van der Waals surface area contributed by atoms with Crippen molar-refractivity contribution in [2.75, 3.05) is 23.3 Å². The van der Waals surface area contributed by atoms with E-state index in [2.05, 4.69) is 10.6 Å². The highest BCUT2D eigenvalue weighted by molar-refractivity contribution is 5.95. The van der Waals surface area contributed by atoms with E-state index in [4.69, 9.17) is 0 Å². The van der Waals surface area contributed by atoms with Crippen LogP contribution in [0.1, 0.15) is 24.2 Å². The van der Waals surface area contributed by atoms with Crippen LogP contribution in [0.3, 0.4) is 0 Å². The van der Waals surface area contributed by atoms with Gasteiger partial charge in [-0.05, 0) is 30.3 Å². The molecule has 9 heteroatoms. The highest BCUT2D eigenvalue weighted by Crippen LogP contribution is 2.20. The average molecular weight is 393 g/mol. The predicted molar refractivity (Wildman–Crippen MR) is 97.4 cm³/mol. The van der Waals surface area contributed by atoms with Crippen molar-refractivity contribution in [2.24, 2.45) is 0 Å². The molecular weight excluding hydrogens is 375 g/mol. The van der Waals surface area contributed by atoms with Gasteiger partial charge in [-0.3, -0.25) is 14.4 Å². The molecule has 0 saturated heterocycles. The number of carbonyl (C=O) groups excluding carboxylic acids is 3. The predicted octanol–water partition coefficient (Wildman–Crippen LogP) is 2.85. The summed E-state index contributed by atoms with van der Waals surface area (Å²) in [5.74, 6) is -6.24. The third-order valence-corrected chi connectivity index (χ3v) is 3.76. The van der Waals surface area contributed by atoms with E-state index in [1.807, 2.05) is 0 Å². The number of halogens is 3. The Morgan fingerprint density at radius 1 is 1.00 bits per heavy atom. The lowest BCUT2D eigenvalue weighted by molar-refractivity contribution is -0.116. The van der Waals surface area contributed by atoms with Gasteiger partial charge in [-0.1, -0.05) is 6.07 Å². The molecule has 0 atom stereocenters. The number of hydrogen-bond acceptors (Lipinski definition) is 3. The van der Waals surface area contributed by atoms with E-state index in [1.54, 1.807) is 24.3 Å². The van der Waals surface area contributed by atoms with E-state index >= 15 is 0 Å². The average Bonchev–Trinajstić information content (AvgIpc) is 2.62. The van der Waals surface area contributed by atoms with Gasteiger partial charge in [0.2, 0.25) is 11.8 Å². The second-order valence-corrected chi connectivity index (χ2v) is 5.88. The molecule has 0 bridgehead atoms. The van der Waals surface area contributed by atoms with Gasteiger partial charge in [0.05, 0.1) is 5.56 Å². The van der Waals surface area contributed by atoms with E-state index < -0.39 is 28.9 Å². The number of carbonyl (C=O) groups is 3. The van der Waals surface area contributed by atoms with Crippen molar-refractivity contribution in [3.63, 3.8) is 0 Å². The minimum atomic E-state index is -1.73. The summed E-state index contributed by atoms with van der Waals surface area (Å²) in [6, 6.07) is 8.01. The Hall–Kier alpha value is -3.36. The molecule has 0 heterocycles. The Labute approximate surface area is 159 Å². The van der Waals surface area contributed by atoms with Gasteiger partial charge in [0.25, 0.3) is 5.91 Å². The zero-order chi connectivity index (χ0) is 20.8. The lowest BCUT2D eigenvalue weighted by atomic mass is 10.2. The van der Waals surface area contributed by atoms with Crippen LogP contribution in [-0.4, -0.2) is 30.8 Å². The van der Waals surface area contributed by atoms with E-state index in [1.165, 1.54) is 18.7 Å². The minimum absolute atomic E-state index is 0.0376. The first kappa shape index (κ1) is 20.9. The Bertz CT molecular complexity index is 919. The number of benzene rings is 2. The molecule has 2 aromatic carbocycles. The second kappa shape index (κ2) is 9.03. The zero-order valence-electron chi connectivity index (χ0n) is 15.2. The van der Waals surface area contributed by atoms with E-state index in [-0.39, 0.29) is 24.9 Å². The van der Waals surface area contributed by atoms with Gasteiger partial charge >= 0.3 is 0 Å². The molecule has 28 heavy (non-hydrogen) atoms. The molecule has 0 aliphatic carbocycles. The second-order valence-electron chi connectivity index (χ2n) is 5.88. The standard InChI is InChI=1S/C19H18F3N3O3/c1-11(26)24-13-4-3-5-14(10-13)25(12(2)27)9-8-23-19(28)15-6-7-16(20)18(22)17(15)21/h3-7,10H,8-9H2,1-2H3,(H,23,28)(H,24,26). The summed E-state index contributed by atoms with van der Waals surface area (Å²) in [6.45, 7) is 2.64. The molecule has 0 spiro atoms. The molecule has 2 rings (SSSR count). The van der Waals surface area contributed by atoms with Crippen LogP contribution in [0.15, 0.2) is 36.4 Å². The minimum Gasteiger partial charge on any atom is -0.350 e. The van der Waals surface area contributed by atoms with Crippen LogP contribution in [0.5, 0.6) is 0 Å². The lowest BCUT2D eigenvalue weighted by Gasteiger charge is -2.22. The molecule has 3 amide bonds. The topological polar surface area (TPSA) is 78.5 Å². The maximum Gasteiger partial charge on any atom is 0.254 e. The SMILES string of the molecule is CC(=O)Nc1cccc(N(CCNC(=O)c2ccc(F)c(F)c2F)C(C)=O)c1. The number of anilines is 2. The van der Waals surface area contributed by atoms with Gasteiger partial charge in [0, 0.05) is 38.3 Å². The number of nitrogens with one attached hydrogen (secondary N) is 2. The fraction of sp³-hybridized carbons (Fsp3) is 0.211. The number of hydrogen-bond donors (Lipinski definition) is 2. The van der Waals surface area contributed by atoms with E-state index in [0.717, 1.165) is 6.07 Å². The number of nitrogens with zero attached hydrogens (tertiary/aromatic N) is 1. The summed E-state index contributed by atoms with van der Waals surface area (Å²) < 4.78 is 39.9. The Kier molecular flexibility index (Phi) is 6.75. The van der Waals surface area contributed by atoms with Crippen LogP contribution in [0.25, 0.3) is 0 Å². The molecule has 6 nitrogen and oxygen atoms in total. The van der Waals surface area contributed by atoms with Crippen molar-refractivity contribution in [2.45, 2.75) is 13.8 Å². The van der Waals surface area contributed by atoms with Gasteiger partial charge in [-0.15, -0.1) is 0 Å². The summed E-state index contributed by atoms with van der Waals surface area (Å²) >= 11 is 0. The van der Waals surface area contributed by atoms with Crippen molar-refractivity contribution < 1.29 is 27.6 Å². The maximum absolute atomic E-state index is 13.7. The van der Waals surface area contributed by atoms with E-state index in [9.17, 15) is 27.6 Å². The van der Waals surface area contributed by atoms with Gasteiger partial charge in [-0.2, -0.15) is 0 Å². The fourth-order valence-corrected chi connectivity index (χ4v) is 2.50. The maximum atomic E-state index is 13.7. The molecule has 2 N–H and O–H groups in total. The van der Waals surface area contributed by atoms with Crippen LogP contribution >= 0.6 is 0 Å². The molecule has 0 radical (unpaired) electrons. The Balaban J connectivity index is 2.06. The Morgan fingerprint density at radius 2 is 1.71 bits per heavy atom. The van der Waals surface area contributed by atoms with Crippen LogP contribution in [0.2, 0.25) is 0 Å². The third kappa shape index (κ3) is 5.09.